The topological polar surface area (TPSA) is 38.3 Å². The summed E-state index contributed by atoms with van der Waals surface area (Å²) in [5.41, 5.74) is 1.14. The van der Waals surface area contributed by atoms with Crippen LogP contribution in [0.2, 0.25) is 0 Å². The molecule has 0 fully saturated rings. The summed E-state index contributed by atoms with van der Waals surface area (Å²) < 4.78 is 4.99. The quantitative estimate of drug-likeness (QED) is 0.698. The van der Waals surface area contributed by atoms with E-state index in [2.05, 4.69) is 29.6 Å². The Morgan fingerprint density at radius 2 is 1.78 bits per heavy atom. The van der Waals surface area contributed by atoms with Crippen LogP contribution in [0.5, 0.6) is 0 Å². The standard InChI is InChI=1S/C19H23NO2S/c1-22-14-8-7-13-19(21)20-15-16-9-5-6-12-18(16)23-17-10-3-2-4-11-17/h2-6,9-12H,7-8,13-15H2,1H3,(H,20,21). The second-order valence-corrected chi connectivity index (χ2v) is 6.36. The number of methoxy groups -OCH3 is 1. The van der Waals surface area contributed by atoms with Crippen LogP contribution in [0.4, 0.5) is 0 Å². The number of carbonyl (C=O) groups is 1. The summed E-state index contributed by atoms with van der Waals surface area (Å²) >= 11 is 1.72. The van der Waals surface area contributed by atoms with Gasteiger partial charge in [-0.05, 0) is 36.6 Å². The lowest BCUT2D eigenvalue weighted by atomic mass is 10.2. The zero-order valence-corrected chi connectivity index (χ0v) is 14.3. The summed E-state index contributed by atoms with van der Waals surface area (Å²) in [7, 11) is 1.68. The highest BCUT2D eigenvalue weighted by molar-refractivity contribution is 7.99. The number of unbranched alkanes of at least 4 members (excludes halogenated alkanes) is 1. The Bertz CT molecular complexity index is 601. The lowest BCUT2D eigenvalue weighted by Crippen LogP contribution is -2.22. The molecule has 0 aromatic heterocycles. The molecule has 0 aliphatic heterocycles. The Morgan fingerprint density at radius 1 is 1.04 bits per heavy atom. The van der Waals surface area contributed by atoms with Crippen LogP contribution in [0.15, 0.2) is 64.4 Å². The molecule has 0 bridgehead atoms. The predicted molar refractivity (Wildman–Crippen MR) is 94.6 cm³/mol. The molecule has 1 amide bonds. The monoisotopic (exact) mass is 329 g/mol. The van der Waals surface area contributed by atoms with Crippen LogP contribution in [0, 0.1) is 0 Å². The summed E-state index contributed by atoms with van der Waals surface area (Å²) in [4.78, 5) is 14.3. The molecule has 0 unspecified atom stereocenters. The van der Waals surface area contributed by atoms with E-state index < -0.39 is 0 Å². The fourth-order valence-electron chi connectivity index (χ4n) is 2.18. The molecule has 0 radical (unpaired) electrons. The Labute approximate surface area is 142 Å². The van der Waals surface area contributed by atoms with E-state index in [0.29, 0.717) is 19.6 Å². The molecule has 0 aliphatic rings. The van der Waals surface area contributed by atoms with Crippen molar-refractivity contribution in [2.45, 2.75) is 35.6 Å². The Balaban J connectivity index is 1.86. The van der Waals surface area contributed by atoms with Crippen molar-refractivity contribution < 1.29 is 9.53 Å². The van der Waals surface area contributed by atoms with E-state index in [1.807, 2.05) is 30.3 Å². The first-order valence-corrected chi connectivity index (χ1v) is 8.67. The highest BCUT2D eigenvalue weighted by Crippen LogP contribution is 2.30. The van der Waals surface area contributed by atoms with Crippen molar-refractivity contribution in [2.75, 3.05) is 13.7 Å². The number of hydrogen-bond donors (Lipinski definition) is 1. The van der Waals surface area contributed by atoms with E-state index in [1.165, 1.54) is 9.79 Å². The summed E-state index contributed by atoms with van der Waals surface area (Å²) in [5.74, 6) is 0.0978. The SMILES string of the molecule is COCCCCC(=O)NCc1ccccc1Sc1ccccc1. The molecule has 0 saturated heterocycles. The van der Waals surface area contributed by atoms with Gasteiger partial charge in [0.1, 0.15) is 0 Å². The van der Waals surface area contributed by atoms with E-state index in [-0.39, 0.29) is 5.91 Å². The van der Waals surface area contributed by atoms with Gasteiger partial charge in [-0.3, -0.25) is 4.79 Å². The molecular formula is C19H23NO2S. The van der Waals surface area contributed by atoms with Crippen molar-refractivity contribution in [3.8, 4) is 0 Å². The maximum Gasteiger partial charge on any atom is 0.220 e. The molecule has 23 heavy (non-hydrogen) atoms. The third-order valence-electron chi connectivity index (χ3n) is 3.42. The van der Waals surface area contributed by atoms with Gasteiger partial charge in [0.2, 0.25) is 5.91 Å². The smallest absolute Gasteiger partial charge is 0.220 e. The Hall–Kier alpha value is -1.78. The minimum absolute atomic E-state index is 0.0978. The van der Waals surface area contributed by atoms with Gasteiger partial charge >= 0.3 is 0 Å². The van der Waals surface area contributed by atoms with Gasteiger partial charge in [-0.15, -0.1) is 0 Å². The van der Waals surface area contributed by atoms with Crippen LogP contribution in [0.1, 0.15) is 24.8 Å². The zero-order valence-electron chi connectivity index (χ0n) is 13.5. The van der Waals surface area contributed by atoms with E-state index in [0.717, 1.165) is 18.4 Å². The lowest BCUT2D eigenvalue weighted by Gasteiger charge is -2.10. The minimum Gasteiger partial charge on any atom is -0.385 e. The van der Waals surface area contributed by atoms with Gasteiger partial charge in [-0.25, -0.2) is 0 Å². The summed E-state index contributed by atoms with van der Waals surface area (Å²) in [6, 6.07) is 18.5. The van der Waals surface area contributed by atoms with Crippen LogP contribution in [-0.4, -0.2) is 19.6 Å². The summed E-state index contributed by atoms with van der Waals surface area (Å²) in [6.45, 7) is 1.28. The van der Waals surface area contributed by atoms with Gasteiger partial charge in [-0.1, -0.05) is 48.2 Å². The highest BCUT2D eigenvalue weighted by Gasteiger charge is 2.06. The average molecular weight is 329 g/mol. The van der Waals surface area contributed by atoms with Crippen molar-refractivity contribution in [1.82, 2.24) is 5.32 Å². The van der Waals surface area contributed by atoms with Gasteiger partial charge in [0.05, 0.1) is 0 Å². The van der Waals surface area contributed by atoms with Crippen LogP contribution in [0.3, 0.4) is 0 Å². The third kappa shape index (κ3) is 6.47. The van der Waals surface area contributed by atoms with Crippen molar-refractivity contribution in [3.05, 3.63) is 60.2 Å². The molecular weight excluding hydrogens is 306 g/mol. The third-order valence-corrected chi connectivity index (χ3v) is 4.55. The van der Waals surface area contributed by atoms with Crippen molar-refractivity contribution in [2.24, 2.45) is 0 Å². The van der Waals surface area contributed by atoms with E-state index >= 15 is 0 Å². The van der Waals surface area contributed by atoms with E-state index in [9.17, 15) is 4.79 Å². The number of carbonyl (C=O) groups excluding carboxylic acids is 1. The van der Waals surface area contributed by atoms with E-state index in [4.69, 9.17) is 4.74 Å². The first-order chi connectivity index (χ1) is 11.3. The first kappa shape index (κ1) is 17.6. The molecule has 0 aliphatic carbocycles. The number of amides is 1. The largest absolute Gasteiger partial charge is 0.385 e. The van der Waals surface area contributed by atoms with Gasteiger partial charge in [0, 0.05) is 36.5 Å². The molecule has 3 nitrogen and oxygen atoms in total. The van der Waals surface area contributed by atoms with Crippen molar-refractivity contribution in [1.29, 1.82) is 0 Å². The van der Waals surface area contributed by atoms with Gasteiger partial charge < -0.3 is 10.1 Å². The van der Waals surface area contributed by atoms with E-state index in [1.54, 1.807) is 18.9 Å². The molecule has 2 aromatic rings. The van der Waals surface area contributed by atoms with Gasteiger partial charge in [-0.2, -0.15) is 0 Å². The number of ether oxygens (including phenoxy) is 1. The Morgan fingerprint density at radius 3 is 2.57 bits per heavy atom. The minimum atomic E-state index is 0.0978. The number of hydrogen-bond acceptors (Lipinski definition) is 3. The van der Waals surface area contributed by atoms with Gasteiger partial charge in [0.25, 0.3) is 0 Å². The second kappa shape index (κ2) is 10.1. The average Bonchev–Trinajstić information content (AvgIpc) is 2.59. The van der Waals surface area contributed by atoms with Crippen molar-refractivity contribution >= 4 is 17.7 Å². The van der Waals surface area contributed by atoms with Crippen LogP contribution >= 0.6 is 11.8 Å². The molecule has 2 aromatic carbocycles. The molecule has 0 heterocycles. The Kier molecular flexibility index (Phi) is 7.70. The van der Waals surface area contributed by atoms with Gasteiger partial charge in [0.15, 0.2) is 0 Å². The number of rotatable bonds is 9. The zero-order chi connectivity index (χ0) is 16.3. The molecule has 0 saturated carbocycles. The molecule has 2 rings (SSSR count). The first-order valence-electron chi connectivity index (χ1n) is 7.86. The van der Waals surface area contributed by atoms with Crippen LogP contribution in [-0.2, 0) is 16.1 Å². The predicted octanol–water partition coefficient (Wildman–Crippen LogP) is 4.27. The maximum atomic E-state index is 11.9. The molecule has 1 N–H and O–H groups in total. The molecule has 4 heteroatoms. The number of benzene rings is 2. The second-order valence-electron chi connectivity index (χ2n) is 5.25. The van der Waals surface area contributed by atoms with Crippen LogP contribution in [0.25, 0.3) is 0 Å². The van der Waals surface area contributed by atoms with Crippen molar-refractivity contribution in [3.63, 3.8) is 0 Å². The van der Waals surface area contributed by atoms with Crippen LogP contribution < -0.4 is 5.32 Å². The fourth-order valence-corrected chi connectivity index (χ4v) is 3.14. The normalized spacial score (nSPS) is 10.5. The number of nitrogens with one attached hydrogen (secondary N) is 1. The lowest BCUT2D eigenvalue weighted by molar-refractivity contribution is -0.121. The maximum absolute atomic E-state index is 11.9. The molecule has 0 spiro atoms. The fraction of sp³-hybridized carbons (Fsp3) is 0.316. The summed E-state index contributed by atoms with van der Waals surface area (Å²) in [5, 5.41) is 3.01. The highest BCUT2D eigenvalue weighted by atomic mass is 32.2. The summed E-state index contributed by atoms with van der Waals surface area (Å²) in [6.07, 6.45) is 2.34. The molecule has 0 atom stereocenters. The molecule has 122 valence electrons.